The number of nitrogens with zero attached hydrogens (tertiary/aromatic N) is 1. The van der Waals surface area contributed by atoms with E-state index in [0.29, 0.717) is 18.9 Å². The van der Waals surface area contributed by atoms with Gasteiger partial charge in [0.2, 0.25) is 11.8 Å². The fraction of sp³-hybridized carbons (Fsp3) is 0.833. The second-order valence-corrected chi connectivity index (χ2v) is 7.94. The summed E-state index contributed by atoms with van der Waals surface area (Å²) in [6.45, 7) is 2.68. The van der Waals surface area contributed by atoms with Gasteiger partial charge in [-0.1, -0.05) is 19.8 Å². The molecule has 0 bridgehead atoms. The smallest absolute Gasteiger partial charge is 0.326 e. The van der Waals surface area contributed by atoms with Gasteiger partial charge >= 0.3 is 5.97 Å². The van der Waals surface area contributed by atoms with Gasteiger partial charge in [0.05, 0.1) is 5.92 Å². The maximum Gasteiger partial charge on any atom is 0.326 e. The number of nitrogens with one attached hydrogen (secondary N) is 1. The normalized spacial score (nSPS) is 31.8. The first-order valence-corrected chi connectivity index (χ1v) is 9.26. The number of carboxylic acid groups (broad SMARTS) is 1. The van der Waals surface area contributed by atoms with Crippen molar-refractivity contribution in [3.8, 4) is 0 Å². The Morgan fingerprint density at radius 1 is 1.21 bits per heavy atom. The van der Waals surface area contributed by atoms with Crippen LogP contribution in [-0.2, 0) is 14.4 Å². The minimum Gasteiger partial charge on any atom is -0.480 e. The highest BCUT2D eigenvalue weighted by molar-refractivity contribution is 5.91. The number of carbonyl (C=O) groups excluding carboxylic acids is 2. The van der Waals surface area contributed by atoms with Crippen molar-refractivity contribution in [2.24, 2.45) is 17.8 Å². The molecule has 0 aromatic heterocycles. The number of aliphatic carboxylic acids is 1. The molecule has 2 N–H and O–H groups in total. The average molecular weight is 336 g/mol. The summed E-state index contributed by atoms with van der Waals surface area (Å²) in [6.07, 6.45) is 7.12. The maximum absolute atomic E-state index is 12.4. The highest BCUT2D eigenvalue weighted by atomic mass is 16.4. The third-order valence-corrected chi connectivity index (χ3v) is 5.84. The molecule has 3 aliphatic rings. The van der Waals surface area contributed by atoms with Crippen LogP contribution in [-0.4, -0.2) is 46.4 Å². The summed E-state index contributed by atoms with van der Waals surface area (Å²) in [7, 11) is 0. The van der Waals surface area contributed by atoms with Gasteiger partial charge in [0.1, 0.15) is 6.04 Å². The first-order valence-electron chi connectivity index (χ1n) is 9.26. The fourth-order valence-electron chi connectivity index (χ4n) is 4.01. The predicted octanol–water partition coefficient (Wildman–Crippen LogP) is 1.78. The van der Waals surface area contributed by atoms with Gasteiger partial charge in [-0.25, -0.2) is 4.79 Å². The van der Waals surface area contributed by atoms with Crippen LogP contribution < -0.4 is 5.32 Å². The molecule has 2 unspecified atom stereocenters. The third kappa shape index (κ3) is 4.08. The molecule has 0 radical (unpaired) electrons. The molecule has 2 atom stereocenters. The zero-order valence-corrected chi connectivity index (χ0v) is 14.4. The number of carboxylic acids is 1. The lowest BCUT2D eigenvalue weighted by molar-refractivity contribution is -0.142. The summed E-state index contributed by atoms with van der Waals surface area (Å²) < 4.78 is 0. The van der Waals surface area contributed by atoms with Crippen molar-refractivity contribution in [2.75, 3.05) is 6.54 Å². The molecule has 2 amide bonds. The van der Waals surface area contributed by atoms with Gasteiger partial charge in [-0.2, -0.15) is 0 Å². The zero-order chi connectivity index (χ0) is 17.3. The van der Waals surface area contributed by atoms with E-state index in [1.54, 1.807) is 0 Å². The lowest BCUT2D eigenvalue weighted by Crippen LogP contribution is -2.45. The molecule has 0 aromatic carbocycles. The quantitative estimate of drug-likeness (QED) is 0.774. The second kappa shape index (κ2) is 7.11. The van der Waals surface area contributed by atoms with Crippen molar-refractivity contribution >= 4 is 17.8 Å². The maximum atomic E-state index is 12.4. The molecule has 2 aliphatic carbocycles. The predicted molar refractivity (Wildman–Crippen MR) is 88.1 cm³/mol. The van der Waals surface area contributed by atoms with Gasteiger partial charge in [-0.05, 0) is 43.9 Å². The molecule has 1 saturated heterocycles. The summed E-state index contributed by atoms with van der Waals surface area (Å²) in [6, 6.07) is -0.557. The monoisotopic (exact) mass is 336 g/mol. The van der Waals surface area contributed by atoms with Crippen molar-refractivity contribution in [1.82, 2.24) is 10.2 Å². The van der Waals surface area contributed by atoms with Crippen molar-refractivity contribution in [2.45, 2.75) is 70.4 Å². The van der Waals surface area contributed by atoms with Crippen molar-refractivity contribution in [3.63, 3.8) is 0 Å². The van der Waals surface area contributed by atoms with E-state index in [9.17, 15) is 19.5 Å². The van der Waals surface area contributed by atoms with Gasteiger partial charge in [-0.15, -0.1) is 0 Å². The van der Waals surface area contributed by atoms with Crippen LogP contribution in [0.25, 0.3) is 0 Å². The second-order valence-electron chi connectivity index (χ2n) is 7.94. The van der Waals surface area contributed by atoms with Crippen LogP contribution >= 0.6 is 0 Å². The highest BCUT2D eigenvalue weighted by Crippen LogP contribution is 2.34. The van der Waals surface area contributed by atoms with Crippen LogP contribution in [0.2, 0.25) is 0 Å². The first-order chi connectivity index (χ1) is 11.4. The Morgan fingerprint density at radius 3 is 2.46 bits per heavy atom. The minimum atomic E-state index is -0.974. The number of carbonyl (C=O) groups is 3. The molecular weight excluding hydrogens is 308 g/mol. The molecule has 1 aliphatic heterocycles. The molecule has 6 nitrogen and oxygen atoms in total. The van der Waals surface area contributed by atoms with E-state index in [-0.39, 0.29) is 24.3 Å². The Kier molecular flexibility index (Phi) is 5.11. The third-order valence-electron chi connectivity index (χ3n) is 5.84. The first kappa shape index (κ1) is 17.2. The van der Waals surface area contributed by atoms with E-state index in [2.05, 4.69) is 12.2 Å². The van der Waals surface area contributed by atoms with Gasteiger partial charge in [0, 0.05) is 19.0 Å². The molecule has 6 heteroatoms. The van der Waals surface area contributed by atoms with Crippen LogP contribution in [0.15, 0.2) is 0 Å². The van der Waals surface area contributed by atoms with E-state index < -0.39 is 17.9 Å². The van der Waals surface area contributed by atoms with Crippen LogP contribution in [0.5, 0.6) is 0 Å². The van der Waals surface area contributed by atoms with Crippen LogP contribution in [0.1, 0.15) is 58.3 Å². The standard InChI is InChI=1S/C18H28N2O4/c1-11-2-6-14(7-3-11)20-10-13(9-16(20)21)17(22)19-15(18(23)24)8-12-4-5-12/h11-15H,2-10H2,1H3,(H,19,22)(H,23,24). The largest absolute Gasteiger partial charge is 0.480 e. The van der Waals surface area contributed by atoms with Gasteiger partial charge in [0.15, 0.2) is 0 Å². The van der Waals surface area contributed by atoms with Gasteiger partial charge < -0.3 is 15.3 Å². The van der Waals surface area contributed by atoms with Crippen LogP contribution in [0, 0.1) is 17.8 Å². The molecular formula is C18H28N2O4. The topological polar surface area (TPSA) is 86.7 Å². The fourth-order valence-corrected chi connectivity index (χ4v) is 4.01. The summed E-state index contributed by atoms with van der Waals surface area (Å²) in [5.74, 6) is -0.461. The van der Waals surface area contributed by atoms with Crippen molar-refractivity contribution in [3.05, 3.63) is 0 Å². The molecule has 134 valence electrons. The Hall–Kier alpha value is -1.59. The summed E-state index contributed by atoms with van der Waals surface area (Å²) >= 11 is 0. The lowest BCUT2D eigenvalue weighted by atomic mass is 9.87. The van der Waals surface area contributed by atoms with E-state index >= 15 is 0 Å². The van der Waals surface area contributed by atoms with Crippen molar-refractivity contribution in [1.29, 1.82) is 0 Å². The number of rotatable bonds is 6. The number of hydrogen-bond acceptors (Lipinski definition) is 3. The molecule has 3 fully saturated rings. The number of likely N-dealkylation sites (tertiary alicyclic amines) is 1. The Bertz CT molecular complexity index is 509. The van der Waals surface area contributed by atoms with E-state index in [4.69, 9.17) is 0 Å². The van der Waals surface area contributed by atoms with Crippen molar-refractivity contribution < 1.29 is 19.5 Å². The number of amides is 2. The molecule has 0 spiro atoms. The van der Waals surface area contributed by atoms with Gasteiger partial charge in [-0.3, -0.25) is 9.59 Å². The van der Waals surface area contributed by atoms with Crippen LogP contribution in [0.4, 0.5) is 0 Å². The molecule has 3 rings (SSSR count). The van der Waals surface area contributed by atoms with E-state index in [1.165, 1.54) is 0 Å². The lowest BCUT2D eigenvalue weighted by Gasteiger charge is -2.33. The van der Waals surface area contributed by atoms with Crippen LogP contribution in [0.3, 0.4) is 0 Å². The number of hydrogen-bond donors (Lipinski definition) is 2. The zero-order valence-electron chi connectivity index (χ0n) is 14.4. The Balaban J connectivity index is 1.54. The Labute approximate surface area is 143 Å². The van der Waals surface area contributed by atoms with E-state index in [0.717, 1.165) is 44.4 Å². The summed E-state index contributed by atoms with van der Waals surface area (Å²) in [5.41, 5.74) is 0. The molecule has 2 saturated carbocycles. The minimum absolute atomic E-state index is 0.0452. The Morgan fingerprint density at radius 2 is 1.88 bits per heavy atom. The summed E-state index contributed by atoms with van der Waals surface area (Å²) in [5, 5.41) is 11.9. The molecule has 1 heterocycles. The average Bonchev–Trinajstić information content (AvgIpc) is 3.27. The van der Waals surface area contributed by atoms with Gasteiger partial charge in [0.25, 0.3) is 0 Å². The molecule has 0 aromatic rings. The summed E-state index contributed by atoms with van der Waals surface area (Å²) in [4.78, 5) is 37.9. The SMILES string of the molecule is CC1CCC(N2CC(C(=O)NC(CC3CC3)C(=O)O)CC2=O)CC1. The van der Waals surface area contributed by atoms with E-state index in [1.807, 2.05) is 4.90 Å². The highest BCUT2D eigenvalue weighted by Gasteiger charge is 2.40. The molecule has 24 heavy (non-hydrogen) atoms.